The van der Waals surface area contributed by atoms with Crippen molar-refractivity contribution in [1.29, 1.82) is 0 Å². The zero-order valence-corrected chi connectivity index (χ0v) is 93.9. The summed E-state index contributed by atoms with van der Waals surface area (Å²) in [6, 6.07) is 132. The largest absolute Gasteiger partial charge is 0.500 e. The maximum Gasteiger partial charge on any atom is 0.120 e. The molecule has 3 aliphatic rings. The van der Waals surface area contributed by atoms with Gasteiger partial charge in [-0.05, 0) is 186 Å². The van der Waals surface area contributed by atoms with Gasteiger partial charge in [0.1, 0.15) is 5.58 Å². The van der Waals surface area contributed by atoms with Crippen molar-refractivity contribution >= 4 is 93.2 Å². The van der Waals surface area contributed by atoms with Crippen molar-refractivity contribution in [3.63, 3.8) is 0 Å². The summed E-state index contributed by atoms with van der Waals surface area (Å²) < 4.78 is 8.48. The first-order chi connectivity index (χ1) is 66.9. The van der Waals surface area contributed by atoms with Crippen molar-refractivity contribution in [2.75, 3.05) is 0 Å². The quantitative estimate of drug-likeness (QED) is 0.0663. The van der Waals surface area contributed by atoms with Gasteiger partial charge >= 0.3 is 0 Å². The minimum Gasteiger partial charge on any atom is -0.500 e. The number of thiophene rings is 1. The Morgan fingerprint density at radius 3 is 1.29 bits per heavy atom. The van der Waals surface area contributed by atoms with Crippen LogP contribution in [-0.4, -0.2) is 54.1 Å². The van der Waals surface area contributed by atoms with E-state index in [0.29, 0.717) is 5.92 Å². The molecule has 3 saturated carbocycles. The van der Waals surface area contributed by atoms with Gasteiger partial charge < -0.3 is 34.3 Å². The van der Waals surface area contributed by atoms with Gasteiger partial charge in [0.25, 0.3) is 0 Å². The number of benzene rings is 12. The summed E-state index contributed by atoms with van der Waals surface area (Å²) in [5.74, 6) is 3.42. The van der Waals surface area contributed by atoms with Gasteiger partial charge in [-0.15, -0.1) is 185 Å². The van der Waals surface area contributed by atoms with E-state index < -0.39 is 24.2 Å². The van der Waals surface area contributed by atoms with E-state index in [1.165, 1.54) is 130 Å². The zero-order valence-electron chi connectivity index (χ0n) is 82.9. The van der Waals surface area contributed by atoms with Crippen LogP contribution in [0, 0.1) is 68.0 Å². The summed E-state index contributed by atoms with van der Waals surface area (Å²) in [7, 11) is -4.01. The molecular weight excluding hydrogens is 2320 g/mol. The molecular formula is C127H120Ir3N6OSSi3-6. The van der Waals surface area contributed by atoms with Crippen LogP contribution in [0.15, 0.2) is 369 Å². The van der Waals surface area contributed by atoms with E-state index in [1.807, 2.05) is 145 Å². The van der Waals surface area contributed by atoms with Crippen LogP contribution >= 0.6 is 11.3 Å². The SMILES string of the molecule is CC(C)c1cc(-c2[c-]cccc2)ncc1[Si](C)(C)C.CCc1cc(-c2[c-]cccc2)ncc1[Si](C)(C)C.C[Si](C)(C)c1cnc(-c2[c-]cccc2)cc1CC1CC2CCC1CC2.Cc1cc(-c2[c-]cc(C)c(-c3ccccc3)c2)ncc1-c1ccccc1.[Ir].[Ir].[Ir].[c-]1cc2c(cc1-c1cc(-c3ccccc3)ccn1)sc1ccccc12.[c-]1cc2oc3ccccc3c2cc1-c1cc(-c2ccccc2)ccn1. The molecule has 1 atom stereocenters. The zero-order chi connectivity index (χ0) is 95.9. The molecule has 3 radical (unpaired) electrons. The number of aromatic nitrogens is 6. The fourth-order valence-corrected chi connectivity index (χ4v) is 25.3. The van der Waals surface area contributed by atoms with Crippen LogP contribution in [-0.2, 0) is 73.2 Å². The third-order valence-electron chi connectivity index (χ3n) is 26.6. The van der Waals surface area contributed by atoms with Crippen molar-refractivity contribution in [3.05, 3.63) is 429 Å². The van der Waals surface area contributed by atoms with E-state index in [4.69, 9.17) is 14.4 Å². The van der Waals surface area contributed by atoms with Crippen LogP contribution in [0.4, 0.5) is 0 Å². The van der Waals surface area contributed by atoms with E-state index in [0.717, 1.165) is 119 Å². The van der Waals surface area contributed by atoms with E-state index >= 15 is 0 Å². The molecule has 8 heterocycles. The molecule has 8 aromatic heterocycles. The Morgan fingerprint density at radius 1 is 0.340 bits per heavy atom. The first-order valence-electron chi connectivity index (χ1n) is 48.6. The van der Waals surface area contributed by atoms with Crippen molar-refractivity contribution in [1.82, 2.24) is 29.9 Å². The first kappa shape index (κ1) is 105. The first-order valence-corrected chi connectivity index (χ1v) is 59.9. The van der Waals surface area contributed by atoms with Gasteiger partial charge in [-0.25, -0.2) is 0 Å². The maximum atomic E-state index is 5.88. The number of hydrogen-bond acceptors (Lipinski definition) is 8. The Bertz CT molecular complexity index is 7510. The van der Waals surface area contributed by atoms with Gasteiger partial charge in [-0.1, -0.05) is 327 Å². The fraction of sp³-hybridized carbons (Fsp3) is 0.197. The number of hydrogen-bond donors (Lipinski definition) is 0. The van der Waals surface area contributed by atoms with E-state index in [2.05, 4.69) is 381 Å². The van der Waals surface area contributed by atoms with Crippen LogP contribution in [0.5, 0.6) is 0 Å². The standard InChI is InChI=1S/C25H20N.C23H14NO.C23H14NS.C23H30NSi.C17H22NSi.C16H20NSi.3Ir/c1-18-13-14-22(16-23(18)20-9-5-3-6-10-20)25-15-19(2)24(17-26-25)21-11-7-4-8-12-21;1-2-6-16(7-3-1)17-12-13-24-21(15-17)18-10-11-23-20(14-18)19-8-4-5-9-22(19)25-23;1-2-6-16(7-3-1)17-12-13-24-21(14-17)18-10-11-20-19-8-4-5-9-22(19)25-23(20)15-18;1-25(2,3)23-16-24-22(19-7-5-4-6-8-19)15-21(23)14-20-13-17-9-11-18(20)12-10-17;1-13(2)15-11-16(14-9-7-6-8-10-14)18-12-17(15)19(3,4)5;1-5-13-11-15(14-9-7-6-8-10-14)17-12-16(13)18(2,3)4;;;/h3-13,15-17H,1-2H3;2*1-9,11-15H;4-7,15-18,20H,9-14H2,1-3H3;6-9,11-13H,1-5H3;6-9,11-12H,5H2,1-4H3;;;/q6*-1;;;. The smallest absolute Gasteiger partial charge is 0.120 e. The molecule has 23 rings (SSSR count). The summed E-state index contributed by atoms with van der Waals surface area (Å²) in [6.07, 6.45) is 21.8. The molecule has 0 saturated heterocycles. The van der Waals surface area contributed by atoms with Gasteiger partial charge in [0.2, 0.25) is 0 Å². The number of para-hydroxylation sites is 1. The maximum absolute atomic E-state index is 5.88. The number of nitrogens with zero attached hydrogens (tertiary/aromatic N) is 6. The van der Waals surface area contributed by atoms with Crippen LogP contribution in [0.2, 0.25) is 58.9 Å². The molecule has 715 valence electrons. The Balaban J connectivity index is 0.000000135. The van der Waals surface area contributed by atoms with Crippen molar-refractivity contribution in [3.8, 4) is 112 Å². The van der Waals surface area contributed by atoms with Gasteiger partial charge in [0.15, 0.2) is 0 Å². The molecule has 2 bridgehead atoms. The molecule has 0 spiro atoms. The minimum atomic E-state index is -1.38. The molecule has 141 heavy (non-hydrogen) atoms. The second kappa shape index (κ2) is 48.3. The normalized spacial score (nSPS) is 13.6. The average molecular weight is 2440 g/mol. The van der Waals surface area contributed by atoms with Gasteiger partial charge in [-0.3, -0.25) is 0 Å². The Labute approximate surface area is 882 Å². The number of aryl methyl sites for hydroxylation is 3. The van der Waals surface area contributed by atoms with Gasteiger partial charge in [0.05, 0.1) is 29.8 Å². The second-order valence-corrected chi connectivity index (χ2v) is 56.0. The van der Waals surface area contributed by atoms with Gasteiger partial charge in [-0.2, -0.15) is 11.3 Å². The molecule has 7 nitrogen and oxygen atoms in total. The molecule has 3 aliphatic carbocycles. The van der Waals surface area contributed by atoms with Crippen LogP contribution in [0.3, 0.4) is 0 Å². The minimum absolute atomic E-state index is 0. The fourth-order valence-electron chi connectivity index (χ4n) is 19.2. The molecule has 0 N–H and O–H groups in total. The topological polar surface area (TPSA) is 90.5 Å². The average Bonchev–Trinajstić information content (AvgIpc) is 1.63. The molecule has 1 unspecified atom stereocenters. The summed E-state index contributed by atoms with van der Waals surface area (Å²) in [4.78, 5) is 27.9. The Hall–Kier alpha value is -11.8. The van der Waals surface area contributed by atoms with Crippen LogP contribution < -0.4 is 15.6 Å². The number of fused-ring (bicyclic) bond motifs is 9. The van der Waals surface area contributed by atoms with Gasteiger partial charge in [0, 0.05) is 113 Å². The molecule has 3 fully saturated rings. The van der Waals surface area contributed by atoms with Crippen molar-refractivity contribution in [2.45, 2.75) is 144 Å². The summed E-state index contributed by atoms with van der Waals surface area (Å²) in [5, 5.41) is 9.29. The summed E-state index contributed by atoms with van der Waals surface area (Å²) >= 11 is 1.82. The molecule has 0 aliphatic heterocycles. The second-order valence-electron chi connectivity index (χ2n) is 39.8. The number of furan rings is 1. The third-order valence-corrected chi connectivity index (χ3v) is 33.9. The van der Waals surface area contributed by atoms with Crippen LogP contribution in [0.25, 0.3) is 154 Å². The van der Waals surface area contributed by atoms with E-state index in [9.17, 15) is 0 Å². The van der Waals surface area contributed by atoms with Crippen molar-refractivity contribution in [2.24, 2.45) is 17.8 Å². The molecule has 14 heteroatoms. The third kappa shape index (κ3) is 26.2. The van der Waals surface area contributed by atoms with Crippen LogP contribution in [0.1, 0.15) is 86.6 Å². The summed E-state index contributed by atoms with van der Waals surface area (Å²) in [5.41, 5.74) is 30.5. The van der Waals surface area contributed by atoms with E-state index in [1.54, 1.807) is 10.8 Å². The molecule has 0 amide bonds. The predicted molar refractivity (Wildman–Crippen MR) is 592 cm³/mol. The molecule has 20 aromatic rings. The van der Waals surface area contributed by atoms with Crippen molar-refractivity contribution < 1.29 is 64.7 Å². The molecule has 12 aromatic carbocycles. The summed E-state index contributed by atoms with van der Waals surface area (Å²) in [6.45, 7) is 32.6. The number of pyridine rings is 6. The Morgan fingerprint density at radius 2 is 0.780 bits per heavy atom. The predicted octanol–water partition coefficient (Wildman–Crippen LogP) is 32.5. The monoisotopic (exact) mass is 2440 g/mol. The van der Waals surface area contributed by atoms with E-state index in [-0.39, 0.29) is 60.3 Å². The Kier molecular flexibility index (Phi) is 35.9. The number of rotatable bonds is 17.